The second-order valence-electron chi connectivity index (χ2n) is 5.80. The van der Waals surface area contributed by atoms with E-state index in [0.717, 1.165) is 37.6 Å². The maximum atomic E-state index is 4.55. The van der Waals surface area contributed by atoms with Crippen molar-refractivity contribution in [1.82, 2.24) is 19.7 Å². The summed E-state index contributed by atoms with van der Waals surface area (Å²) in [6, 6.07) is 0. The van der Waals surface area contributed by atoms with Crippen LogP contribution in [0.5, 0.6) is 0 Å². The summed E-state index contributed by atoms with van der Waals surface area (Å²) in [6.07, 6.45) is 6.17. The lowest BCUT2D eigenvalue weighted by Crippen LogP contribution is -2.13. The molecule has 2 aromatic rings. The van der Waals surface area contributed by atoms with Crippen LogP contribution < -0.4 is 5.32 Å². The third-order valence-electron chi connectivity index (χ3n) is 3.34. The summed E-state index contributed by atoms with van der Waals surface area (Å²) < 4.78 is 2.22. The molecule has 0 radical (unpaired) electrons. The first-order valence-corrected chi connectivity index (χ1v) is 7.32. The Balaban J connectivity index is 1.90. The van der Waals surface area contributed by atoms with Gasteiger partial charge in [-0.15, -0.1) is 0 Å². The summed E-state index contributed by atoms with van der Waals surface area (Å²) >= 11 is 0. The van der Waals surface area contributed by atoms with Gasteiger partial charge in [0.05, 0.1) is 11.9 Å². The molecule has 0 aliphatic carbocycles. The van der Waals surface area contributed by atoms with Crippen LogP contribution in [0.4, 0.5) is 5.95 Å². The van der Waals surface area contributed by atoms with Crippen LogP contribution in [0.3, 0.4) is 0 Å². The van der Waals surface area contributed by atoms with E-state index < -0.39 is 0 Å². The van der Waals surface area contributed by atoms with Crippen LogP contribution in [-0.4, -0.2) is 26.3 Å². The van der Waals surface area contributed by atoms with Gasteiger partial charge in [-0.2, -0.15) is 5.10 Å². The number of hydrogen-bond donors (Lipinski definition) is 2. The fourth-order valence-electron chi connectivity index (χ4n) is 2.22. The minimum absolute atomic E-state index is 0.619. The highest BCUT2D eigenvalue weighted by Gasteiger charge is 2.06. The topological polar surface area (TPSA) is 58.5 Å². The molecule has 110 valence electrons. The number of rotatable bonds is 7. The van der Waals surface area contributed by atoms with Gasteiger partial charge in [0, 0.05) is 25.0 Å². The number of nitrogens with one attached hydrogen (secondary N) is 2. The number of H-pyrrole nitrogens is 1. The molecule has 2 N–H and O–H groups in total. The molecule has 2 rings (SSSR count). The lowest BCUT2D eigenvalue weighted by Gasteiger charge is -2.11. The lowest BCUT2D eigenvalue weighted by molar-refractivity contribution is 0.632. The Morgan fingerprint density at radius 3 is 2.80 bits per heavy atom. The molecule has 0 fully saturated rings. The van der Waals surface area contributed by atoms with E-state index in [-0.39, 0.29) is 0 Å². The molecular formula is C15H25N5. The van der Waals surface area contributed by atoms with E-state index in [9.17, 15) is 0 Å². The fraction of sp³-hybridized carbons (Fsp3) is 0.600. The number of anilines is 1. The van der Waals surface area contributed by atoms with Crippen molar-refractivity contribution in [3.05, 3.63) is 29.3 Å². The Bertz CT molecular complexity index is 538. The Morgan fingerprint density at radius 1 is 1.35 bits per heavy atom. The van der Waals surface area contributed by atoms with Gasteiger partial charge in [-0.05, 0) is 38.2 Å². The Morgan fingerprint density at radius 2 is 2.15 bits per heavy atom. The highest BCUT2D eigenvalue weighted by Crippen LogP contribution is 2.12. The summed E-state index contributed by atoms with van der Waals surface area (Å²) in [7, 11) is 0. The fourth-order valence-corrected chi connectivity index (χ4v) is 2.22. The first-order chi connectivity index (χ1) is 9.56. The van der Waals surface area contributed by atoms with Crippen LogP contribution in [0.25, 0.3) is 0 Å². The summed E-state index contributed by atoms with van der Waals surface area (Å²) in [6.45, 7) is 10.4. The van der Waals surface area contributed by atoms with Crippen LogP contribution in [-0.2, 0) is 13.0 Å². The van der Waals surface area contributed by atoms with Gasteiger partial charge < -0.3 is 9.88 Å². The van der Waals surface area contributed by atoms with E-state index in [1.807, 2.05) is 13.1 Å². The predicted molar refractivity (Wildman–Crippen MR) is 81.9 cm³/mol. The quantitative estimate of drug-likeness (QED) is 0.817. The van der Waals surface area contributed by atoms with Gasteiger partial charge in [-0.3, -0.25) is 5.10 Å². The van der Waals surface area contributed by atoms with Gasteiger partial charge in [-0.1, -0.05) is 13.8 Å². The molecule has 0 atom stereocenters. The average molecular weight is 275 g/mol. The van der Waals surface area contributed by atoms with E-state index in [4.69, 9.17) is 0 Å². The predicted octanol–water partition coefficient (Wildman–Crippen LogP) is 2.92. The van der Waals surface area contributed by atoms with Crippen molar-refractivity contribution < 1.29 is 0 Å². The van der Waals surface area contributed by atoms with Crippen LogP contribution in [0.15, 0.2) is 12.4 Å². The van der Waals surface area contributed by atoms with Crippen LogP contribution in [0.1, 0.15) is 37.2 Å². The molecule has 0 unspecified atom stereocenters. The van der Waals surface area contributed by atoms with Crippen molar-refractivity contribution >= 4 is 5.95 Å². The molecule has 2 heterocycles. The maximum Gasteiger partial charge on any atom is 0.203 e. The summed E-state index contributed by atoms with van der Waals surface area (Å²) in [5, 5.41) is 10.5. The molecule has 5 nitrogen and oxygen atoms in total. The molecule has 0 aliphatic heterocycles. The Kier molecular flexibility index (Phi) is 4.82. The molecule has 0 amide bonds. The third kappa shape index (κ3) is 3.85. The molecule has 2 aromatic heterocycles. The van der Waals surface area contributed by atoms with E-state index in [0.29, 0.717) is 5.92 Å². The first-order valence-electron chi connectivity index (χ1n) is 7.32. The summed E-state index contributed by atoms with van der Waals surface area (Å²) in [4.78, 5) is 4.55. The van der Waals surface area contributed by atoms with Crippen LogP contribution in [0.2, 0.25) is 0 Å². The molecule has 0 spiro atoms. The number of aryl methyl sites for hydroxylation is 4. The molecule has 0 bridgehead atoms. The van der Waals surface area contributed by atoms with Gasteiger partial charge in [0.25, 0.3) is 0 Å². The highest BCUT2D eigenvalue weighted by molar-refractivity contribution is 5.28. The molecule has 0 saturated heterocycles. The second-order valence-corrected chi connectivity index (χ2v) is 5.80. The summed E-state index contributed by atoms with van der Waals surface area (Å²) in [5.74, 6) is 1.61. The largest absolute Gasteiger partial charge is 0.355 e. The molecule has 5 heteroatoms. The number of aromatic amines is 1. The number of imidazole rings is 1. The van der Waals surface area contributed by atoms with Crippen molar-refractivity contribution in [1.29, 1.82) is 0 Å². The van der Waals surface area contributed by atoms with E-state index in [2.05, 4.69) is 52.0 Å². The van der Waals surface area contributed by atoms with Gasteiger partial charge >= 0.3 is 0 Å². The van der Waals surface area contributed by atoms with Crippen molar-refractivity contribution in [2.24, 2.45) is 5.92 Å². The van der Waals surface area contributed by atoms with Crippen molar-refractivity contribution in [2.45, 2.75) is 47.1 Å². The van der Waals surface area contributed by atoms with Gasteiger partial charge in [0.1, 0.15) is 0 Å². The number of aromatic nitrogens is 4. The van der Waals surface area contributed by atoms with E-state index in [1.54, 1.807) is 0 Å². The average Bonchev–Trinajstić information content (AvgIpc) is 2.94. The van der Waals surface area contributed by atoms with Gasteiger partial charge in [-0.25, -0.2) is 4.98 Å². The number of hydrogen-bond acceptors (Lipinski definition) is 3. The third-order valence-corrected chi connectivity index (χ3v) is 3.34. The SMILES string of the molecule is Cc1cn(CCCc2cn[nH]c2C)c(NCC(C)C)n1. The minimum atomic E-state index is 0.619. The molecule has 20 heavy (non-hydrogen) atoms. The van der Waals surface area contributed by atoms with Crippen molar-refractivity contribution in [3.8, 4) is 0 Å². The Labute approximate surface area is 120 Å². The minimum Gasteiger partial charge on any atom is -0.355 e. The monoisotopic (exact) mass is 275 g/mol. The first kappa shape index (κ1) is 14.6. The van der Waals surface area contributed by atoms with Crippen LogP contribution in [0, 0.1) is 19.8 Å². The van der Waals surface area contributed by atoms with Gasteiger partial charge in [0.15, 0.2) is 0 Å². The standard InChI is InChI=1S/C15H25N5/c1-11(2)8-16-15-18-12(3)10-20(15)7-5-6-14-9-17-19-13(14)4/h9-11H,5-8H2,1-4H3,(H,16,18)(H,17,19). The van der Waals surface area contributed by atoms with E-state index >= 15 is 0 Å². The maximum absolute atomic E-state index is 4.55. The molecular weight excluding hydrogens is 250 g/mol. The van der Waals surface area contributed by atoms with Crippen LogP contribution >= 0.6 is 0 Å². The zero-order chi connectivity index (χ0) is 14.5. The zero-order valence-electron chi connectivity index (χ0n) is 12.9. The second kappa shape index (κ2) is 6.59. The molecule has 0 aromatic carbocycles. The highest BCUT2D eigenvalue weighted by atomic mass is 15.2. The Hall–Kier alpha value is -1.78. The zero-order valence-corrected chi connectivity index (χ0v) is 12.9. The number of nitrogens with zero attached hydrogens (tertiary/aromatic N) is 3. The molecule has 0 aliphatic rings. The van der Waals surface area contributed by atoms with Crippen molar-refractivity contribution in [2.75, 3.05) is 11.9 Å². The molecule has 0 saturated carbocycles. The van der Waals surface area contributed by atoms with Gasteiger partial charge in [0.2, 0.25) is 5.95 Å². The summed E-state index contributed by atoms with van der Waals surface area (Å²) in [5.41, 5.74) is 3.54. The normalized spacial score (nSPS) is 11.2. The van der Waals surface area contributed by atoms with E-state index in [1.165, 1.54) is 11.3 Å². The lowest BCUT2D eigenvalue weighted by atomic mass is 10.1. The van der Waals surface area contributed by atoms with Crippen molar-refractivity contribution in [3.63, 3.8) is 0 Å². The smallest absolute Gasteiger partial charge is 0.203 e.